The lowest BCUT2D eigenvalue weighted by molar-refractivity contribution is 1.26. The van der Waals surface area contributed by atoms with Crippen molar-refractivity contribution in [3.63, 3.8) is 0 Å². The Morgan fingerprint density at radius 3 is 2.36 bits per heavy atom. The van der Waals surface area contributed by atoms with Gasteiger partial charge in [0.1, 0.15) is 0 Å². The minimum Gasteiger partial charge on any atom is -0.327 e. The van der Waals surface area contributed by atoms with Crippen LogP contribution in [0.5, 0.6) is 0 Å². The van der Waals surface area contributed by atoms with Crippen molar-refractivity contribution in [3.05, 3.63) is 42.0 Å². The Morgan fingerprint density at radius 2 is 1.82 bits per heavy atom. The van der Waals surface area contributed by atoms with Crippen LogP contribution in [0.4, 0.5) is 0 Å². The minimum atomic E-state index is 0. The van der Waals surface area contributed by atoms with E-state index >= 15 is 0 Å². The minimum absolute atomic E-state index is 0. The van der Waals surface area contributed by atoms with Crippen molar-refractivity contribution in [2.75, 3.05) is 6.54 Å². The maximum atomic E-state index is 5.29. The summed E-state index contributed by atoms with van der Waals surface area (Å²) in [6.07, 6.45) is 3.95. The van der Waals surface area contributed by atoms with Crippen LogP contribution in [0.25, 0.3) is 6.08 Å². The van der Waals surface area contributed by atoms with Gasteiger partial charge in [-0.2, -0.15) is 0 Å². The summed E-state index contributed by atoms with van der Waals surface area (Å²) in [4.78, 5) is 0. The van der Waals surface area contributed by atoms with Crippen LogP contribution in [0.2, 0.25) is 0 Å². The molecule has 1 rings (SSSR count). The Balaban J connectivity index is 0.000001000. The van der Waals surface area contributed by atoms with Crippen LogP contribution < -0.4 is 5.73 Å². The monoisotopic (exact) mass is 213 g/mol. The molecule has 0 aromatic heterocycles. The Kier molecular flexibility index (Phi) is 5.80. The third kappa shape index (κ3) is 3.96. The van der Waals surface area contributed by atoms with E-state index in [1.165, 1.54) is 5.56 Å². The smallest absolute Gasteiger partial charge is 0.0110 e. The van der Waals surface area contributed by atoms with Gasteiger partial charge >= 0.3 is 0 Å². The standard InChI is InChI=1S/C9H11N.BrH/c10-8-4-7-9-5-2-1-3-6-9;/h1-7H,8,10H2;1H. The lowest BCUT2D eigenvalue weighted by Gasteiger charge is -1.88. The van der Waals surface area contributed by atoms with Gasteiger partial charge in [0.05, 0.1) is 0 Å². The summed E-state index contributed by atoms with van der Waals surface area (Å²) in [6, 6.07) is 10.1. The molecule has 11 heavy (non-hydrogen) atoms. The number of hydrogen-bond acceptors (Lipinski definition) is 1. The van der Waals surface area contributed by atoms with Crippen molar-refractivity contribution in [3.8, 4) is 0 Å². The molecule has 0 aliphatic rings. The maximum Gasteiger partial charge on any atom is 0.0110 e. The molecule has 0 fully saturated rings. The first-order valence-electron chi connectivity index (χ1n) is 3.35. The van der Waals surface area contributed by atoms with Crippen molar-refractivity contribution < 1.29 is 0 Å². The van der Waals surface area contributed by atoms with E-state index in [-0.39, 0.29) is 17.0 Å². The normalized spacial score (nSPS) is 9.55. The Morgan fingerprint density at radius 1 is 1.18 bits per heavy atom. The highest BCUT2D eigenvalue weighted by Crippen LogP contribution is 1.99. The van der Waals surface area contributed by atoms with E-state index in [1.807, 2.05) is 42.5 Å². The van der Waals surface area contributed by atoms with Crippen molar-refractivity contribution >= 4 is 23.1 Å². The first-order valence-corrected chi connectivity index (χ1v) is 3.35. The molecule has 60 valence electrons. The summed E-state index contributed by atoms with van der Waals surface area (Å²) in [5.74, 6) is 0. The van der Waals surface area contributed by atoms with Crippen LogP contribution in [0.1, 0.15) is 5.56 Å². The molecular formula is C9H12BrN. The Bertz CT molecular complexity index is 206. The molecule has 1 nitrogen and oxygen atoms in total. The van der Waals surface area contributed by atoms with Crippen LogP contribution in [0, 0.1) is 0 Å². The fraction of sp³-hybridized carbons (Fsp3) is 0.111. The molecule has 0 unspecified atom stereocenters. The molecule has 1 aromatic rings. The van der Waals surface area contributed by atoms with E-state index in [9.17, 15) is 0 Å². The first-order chi connectivity index (χ1) is 4.93. The zero-order valence-corrected chi connectivity index (χ0v) is 7.95. The van der Waals surface area contributed by atoms with Gasteiger partial charge in [-0.1, -0.05) is 42.5 Å². The second kappa shape index (κ2) is 6.13. The highest BCUT2D eigenvalue weighted by molar-refractivity contribution is 8.93. The van der Waals surface area contributed by atoms with Crippen molar-refractivity contribution in [1.29, 1.82) is 0 Å². The predicted octanol–water partition coefficient (Wildman–Crippen LogP) is 2.24. The van der Waals surface area contributed by atoms with E-state index in [0.29, 0.717) is 6.54 Å². The summed E-state index contributed by atoms with van der Waals surface area (Å²) in [7, 11) is 0. The summed E-state index contributed by atoms with van der Waals surface area (Å²) >= 11 is 0. The summed E-state index contributed by atoms with van der Waals surface area (Å²) in [6.45, 7) is 0.606. The van der Waals surface area contributed by atoms with Gasteiger partial charge in [0, 0.05) is 6.54 Å². The fourth-order valence-corrected chi connectivity index (χ4v) is 0.768. The van der Waals surface area contributed by atoms with Crippen LogP contribution in [-0.4, -0.2) is 6.54 Å². The average molecular weight is 214 g/mol. The lowest BCUT2D eigenvalue weighted by atomic mass is 10.2. The zero-order chi connectivity index (χ0) is 7.23. The molecule has 0 radical (unpaired) electrons. The third-order valence-electron chi connectivity index (χ3n) is 1.25. The van der Waals surface area contributed by atoms with Gasteiger partial charge in [-0.05, 0) is 5.56 Å². The maximum absolute atomic E-state index is 5.29. The molecule has 0 saturated carbocycles. The Labute approximate surface area is 77.7 Å². The van der Waals surface area contributed by atoms with Crippen molar-refractivity contribution in [1.82, 2.24) is 0 Å². The van der Waals surface area contributed by atoms with Gasteiger partial charge in [0.25, 0.3) is 0 Å². The first kappa shape index (κ1) is 10.4. The average Bonchev–Trinajstić information content (AvgIpc) is 2.03. The van der Waals surface area contributed by atoms with Gasteiger partial charge in [-0.25, -0.2) is 0 Å². The number of hydrogen-bond donors (Lipinski definition) is 1. The van der Waals surface area contributed by atoms with Crippen LogP contribution in [-0.2, 0) is 0 Å². The van der Waals surface area contributed by atoms with Gasteiger partial charge in [0.15, 0.2) is 0 Å². The molecule has 0 amide bonds. The van der Waals surface area contributed by atoms with Crippen molar-refractivity contribution in [2.45, 2.75) is 0 Å². The second-order valence-corrected chi connectivity index (χ2v) is 2.05. The molecule has 1 aromatic carbocycles. The molecule has 0 aliphatic heterocycles. The molecule has 0 spiro atoms. The van der Waals surface area contributed by atoms with Gasteiger partial charge < -0.3 is 5.73 Å². The lowest BCUT2D eigenvalue weighted by Crippen LogP contribution is -1.91. The number of rotatable bonds is 2. The van der Waals surface area contributed by atoms with Crippen LogP contribution >= 0.6 is 17.0 Å². The molecule has 2 heteroatoms. The molecule has 2 N–H and O–H groups in total. The summed E-state index contributed by atoms with van der Waals surface area (Å²) in [5.41, 5.74) is 6.49. The van der Waals surface area contributed by atoms with Crippen LogP contribution in [0.3, 0.4) is 0 Å². The van der Waals surface area contributed by atoms with E-state index in [2.05, 4.69) is 0 Å². The van der Waals surface area contributed by atoms with Crippen molar-refractivity contribution in [2.24, 2.45) is 5.73 Å². The Hall–Kier alpha value is -0.600. The van der Waals surface area contributed by atoms with E-state index < -0.39 is 0 Å². The third-order valence-corrected chi connectivity index (χ3v) is 1.25. The quantitative estimate of drug-likeness (QED) is 0.802. The largest absolute Gasteiger partial charge is 0.327 e. The number of halogens is 1. The van der Waals surface area contributed by atoms with Gasteiger partial charge in [-0.3, -0.25) is 0 Å². The van der Waals surface area contributed by atoms with E-state index in [4.69, 9.17) is 5.73 Å². The second-order valence-electron chi connectivity index (χ2n) is 2.05. The number of nitrogens with two attached hydrogens (primary N) is 1. The number of benzene rings is 1. The van der Waals surface area contributed by atoms with E-state index in [0.717, 1.165) is 0 Å². The highest BCUT2D eigenvalue weighted by atomic mass is 79.9. The topological polar surface area (TPSA) is 26.0 Å². The summed E-state index contributed by atoms with van der Waals surface area (Å²) in [5, 5.41) is 0. The van der Waals surface area contributed by atoms with Gasteiger partial charge in [-0.15, -0.1) is 17.0 Å². The molecular weight excluding hydrogens is 202 g/mol. The molecule has 0 atom stereocenters. The fourth-order valence-electron chi connectivity index (χ4n) is 0.768. The zero-order valence-electron chi connectivity index (χ0n) is 6.23. The molecule has 0 heterocycles. The molecule has 0 saturated heterocycles. The molecule has 0 aliphatic carbocycles. The van der Waals surface area contributed by atoms with Crippen LogP contribution in [0.15, 0.2) is 36.4 Å². The summed E-state index contributed by atoms with van der Waals surface area (Å²) < 4.78 is 0. The SMILES string of the molecule is Br.NCC=Cc1ccccc1. The molecule has 0 bridgehead atoms. The highest BCUT2D eigenvalue weighted by Gasteiger charge is 1.79. The van der Waals surface area contributed by atoms with E-state index in [1.54, 1.807) is 0 Å². The predicted molar refractivity (Wildman–Crippen MR) is 54.9 cm³/mol. The van der Waals surface area contributed by atoms with Gasteiger partial charge in [0.2, 0.25) is 0 Å².